The lowest BCUT2D eigenvalue weighted by molar-refractivity contribution is 0.0319. The molecule has 0 radical (unpaired) electrons. The van der Waals surface area contributed by atoms with Crippen molar-refractivity contribution in [3.8, 4) is 0 Å². The van der Waals surface area contributed by atoms with E-state index in [-0.39, 0.29) is 6.10 Å². The number of likely N-dealkylation sites (tertiary alicyclic amines) is 1. The van der Waals surface area contributed by atoms with Crippen molar-refractivity contribution < 1.29 is 5.11 Å². The third kappa shape index (κ3) is 2.93. The molecular weight excluding hydrogens is 222 g/mol. The van der Waals surface area contributed by atoms with Crippen LogP contribution in [-0.4, -0.2) is 29.2 Å². The van der Waals surface area contributed by atoms with Gasteiger partial charge in [-0.1, -0.05) is 24.6 Å². The van der Waals surface area contributed by atoms with Crippen LogP contribution >= 0.6 is 0 Å². The molecule has 100 valence electrons. The standard InChI is InChI=1S/C16H25NO/c1-11-7-12(2)15(13(3)8-11)10-17-6-5-16(18)14(4)9-17/h7-8,14,16,18H,5-6,9-10H2,1-4H3. The van der Waals surface area contributed by atoms with E-state index in [4.69, 9.17) is 0 Å². The highest BCUT2D eigenvalue weighted by molar-refractivity contribution is 5.37. The van der Waals surface area contributed by atoms with Gasteiger partial charge in [-0.15, -0.1) is 0 Å². The second kappa shape index (κ2) is 5.41. The highest BCUT2D eigenvalue weighted by Gasteiger charge is 2.24. The summed E-state index contributed by atoms with van der Waals surface area (Å²) in [6, 6.07) is 4.54. The molecule has 1 aliphatic rings. The van der Waals surface area contributed by atoms with E-state index in [1.54, 1.807) is 0 Å². The normalized spacial score (nSPS) is 25.4. The zero-order valence-electron chi connectivity index (χ0n) is 12.0. The summed E-state index contributed by atoms with van der Waals surface area (Å²) in [4.78, 5) is 2.47. The van der Waals surface area contributed by atoms with E-state index in [2.05, 4.69) is 44.7 Å². The number of hydrogen-bond donors (Lipinski definition) is 1. The summed E-state index contributed by atoms with van der Waals surface area (Å²) in [5.41, 5.74) is 5.60. The van der Waals surface area contributed by atoms with Gasteiger partial charge in [-0.2, -0.15) is 0 Å². The molecule has 1 heterocycles. The number of piperidine rings is 1. The van der Waals surface area contributed by atoms with Crippen LogP contribution in [0.5, 0.6) is 0 Å². The van der Waals surface area contributed by atoms with Gasteiger partial charge in [0.25, 0.3) is 0 Å². The Morgan fingerprint density at radius 2 is 1.83 bits per heavy atom. The first-order valence-electron chi connectivity index (χ1n) is 6.94. The molecule has 18 heavy (non-hydrogen) atoms. The molecule has 0 amide bonds. The Kier molecular flexibility index (Phi) is 4.08. The molecule has 1 aromatic carbocycles. The molecule has 1 fully saturated rings. The quantitative estimate of drug-likeness (QED) is 0.868. The summed E-state index contributed by atoms with van der Waals surface area (Å²) < 4.78 is 0. The van der Waals surface area contributed by atoms with Gasteiger partial charge in [-0.3, -0.25) is 4.90 Å². The molecule has 1 saturated heterocycles. The van der Waals surface area contributed by atoms with Crippen LogP contribution in [0.4, 0.5) is 0 Å². The number of aryl methyl sites for hydroxylation is 3. The van der Waals surface area contributed by atoms with Crippen molar-refractivity contribution in [3.05, 3.63) is 34.4 Å². The molecule has 1 aliphatic heterocycles. The molecule has 0 bridgehead atoms. The monoisotopic (exact) mass is 247 g/mol. The molecular formula is C16H25NO. The Morgan fingerprint density at radius 3 is 2.39 bits per heavy atom. The average molecular weight is 247 g/mol. The highest BCUT2D eigenvalue weighted by atomic mass is 16.3. The molecule has 0 saturated carbocycles. The second-order valence-corrected chi connectivity index (χ2v) is 5.95. The van der Waals surface area contributed by atoms with Gasteiger partial charge in [0, 0.05) is 19.6 Å². The van der Waals surface area contributed by atoms with Crippen LogP contribution in [0.3, 0.4) is 0 Å². The van der Waals surface area contributed by atoms with Gasteiger partial charge in [0.1, 0.15) is 0 Å². The second-order valence-electron chi connectivity index (χ2n) is 5.95. The van der Waals surface area contributed by atoms with Crippen LogP contribution in [0.15, 0.2) is 12.1 Å². The van der Waals surface area contributed by atoms with E-state index in [1.165, 1.54) is 22.3 Å². The molecule has 2 nitrogen and oxygen atoms in total. The maximum Gasteiger partial charge on any atom is 0.0590 e. The van der Waals surface area contributed by atoms with Gasteiger partial charge in [-0.05, 0) is 49.8 Å². The molecule has 2 atom stereocenters. The van der Waals surface area contributed by atoms with E-state index in [0.29, 0.717) is 5.92 Å². The fourth-order valence-electron chi connectivity index (χ4n) is 3.05. The Bertz CT molecular complexity index is 404. The minimum atomic E-state index is -0.110. The zero-order valence-corrected chi connectivity index (χ0v) is 12.0. The fourth-order valence-corrected chi connectivity index (χ4v) is 3.05. The Hall–Kier alpha value is -0.860. The topological polar surface area (TPSA) is 23.5 Å². The number of benzene rings is 1. The molecule has 0 spiro atoms. The fraction of sp³-hybridized carbons (Fsp3) is 0.625. The number of aliphatic hydroxyl groups is 1. The van der Waals surface area contributed by atoms with E-state index < -0.39 is 0 Å². The maximum absolute atomic E-state index is 9.78. The molecule has 2 unspecified atom stereocenters. The van der Waals surface area contributed by atoms with Crippen molar-refractivity contribution >= 4 is 0 Å². The van der Waals surface area contributed by atoms with Crippen LogP contribution in [0, 0.1) is 26.7 Å². The van der Waals surface area contributed by atoms with Gasteiger partial charge >= 0.3 is 0 Å². The van der Waals surface area contributed by atoms with Crippen molar-refractivity contribution in [2.45, 2.75) is 46.8 Å². The first kappa shape index (κ1) is 13.6. The Labute approximate surface area is 111 Å². The first-order chi connectivity index (χ1) is 8.47. The summed E-state index contributed by atoms with van der Waals surface area (Å²) >= 11 is 0. The van der Waals surface area contributed by atoms with E-state index in [9.17, 15) is 5.11 Å². The predicted molar refractivity (Wildman–Crippen MR) is 75.7 cm³/mol. The van der Waals surface area contributed by atoms with Gasteiger partial charge in [0.05, 0.1) is 6.10 Å². The minimum absolute atomic E-state index is 0.110. The molecule has 0 aromatic heterocycles. The maximum atomic E-state index is 9.78. The lowest BCUT2D eigenvalue weighted by atomic mass is 9.94. The first-order valence-corrected chi connectivity index (χ1v) is 6.94. The van der Waals surface area contributed by atoms with Crippen LogP contribution in [0.2, 0.25) is 0 Å². The lowest BCUT2D eigenvalue weighted by Gasteiger charge is -2.35. The molecule has 2 heteroatoms. The van der Waals surface area contributed by atoms with Crippen LogP contribution in [0.25, 0.3) is 0 Å². The Morgan fingerprint density at radius 1 is 1.22 bits per heavy atom. The van der Waals surface area contributed by atoms with Crippen LogP contribution in [0.1, 0.15) is 35.6 Å². The molecule has 2 rings (SSSR count). The SMILES string of the molecule is Cc1cc(C)c(CN2CCC(O)C(C)C2)c(C)c1. The van der Waals surface area contributed by atoms with E-state index >= 15 is 0 Å². The van der Waals surface area contributed by atoms with E-state index in [1.807, 2.05) is 0 Å². The van der Waals surface area contributed by atoms with Crippen molar-refractivity contribution in [1.29, 1.82) is 0 Å². The van der Waals surface area contributed by atoms with Crippen molar-refractivity contribution in [2.24, 2.45) is 5.92 Å². The van der Waals surface area contributed by atoms with Crippen LogP contribution < -0.4 is 0 Å². The summed E-state index contributed by atoms with van der Waals surface area (Å²) in [5.74, 6) is 0.393. The highest BCUT2D eigenvalue weighted by Crippen LogP contribution is 2.22. The smallest absolute Gasteiger partial charge is 0.0590 e. The predicted octanol–water partition coefficient (Wildman–Crippen LogP) is 2.81. The summed E-state index contributed by atoms with van der Waals surface area (Å²) in [6.45, 7) is 11.8. The summed E-state index contributed by atoms with van der Waals surface area (Å²) in [7, 11) is 0. The summed E-state index contributed by atoms with van der Waals surface area (Å²) in [5, 5.41) is 9.78. The minimum Gasteiger partial charge on any atom is -0.393 e. The number of rotatable bonds is 2. The third-order valence-corrected chi connectivity index (χ3v) is 4.17. The van der Waals surface area contributed by atoms with Crippen molar-refractivity contribution in [3.63, 3.8) is 0 Å². The van der Waals surface area contributed by atoms with E-state index in [0.717, 1.165) is 26.1 Å². The number of aliphatic hydroxyl groups excluding tert-OH is 1. The zero-order chi connectivity index (χ0) is 13.3. The molecule has 0 aliphatic carbocycles. The average Bonchev–Trinajstić information content (AvgIpc) is 2.28. The van der Waals surface area contributed by atoms with Gasteiger partial charge in [0.2, 0.25) is 0 Å². The van der Waals surface area contributed by atoms with Crippen molar-refractivity contribution in [1.82, 2.24) is 4.90 Å². The summed E-state index contributed by atoms with van der Waals surface area (Å²) in [6.07, 6.45) is 0.798. The van der Waals surface area contributed by atoms with Gasteiger partial charge in [-0.25, -0.2) is 0 Å². The molecule has 1 N–H and O–H groups in total. The molecule has 1 aromatic rings. The van der Waals surface area contributed by atoms with Crippen molar-refractivity contribution in [2.75, 3.05) is 13.1 Å². The number of hydrogen-bond acceptors (Lipinski definition) is 2. The van der Waals surface area contributed by atoms with Gasteiger partial charge < -0.3 is 5.11 Å². The lowest BCUT2D eigenvalue weighted by Crippen LogP contribution is -2.41. The largest absolute Gasteiger partial charge is 0.393 e. The van der Waals surface area contributed by atoms with Gasteiger partial charge in [0.15, 0.2) is 0 Å². The number of nitrogens with zero attached hydrogens (tertiary/aromatic N) is 1. The third-order valence-electron chi connectivity index (χ3n) is 4.17. The van der Waals surface area contributed by atoms with Crippen LogP contribution in [-0.2, 0) is 6.54 Å². The Balaban J connectivity index is 2.10.